The van der Waals surface area contributed by atoms with Gasteiger partial charge in [-0.2, -0.15) is 0 Å². The van der Waals surface area contributed by atoms with E-state index in [2.05, 4.69) is 22.2 Å². The lowest BCUT2D eigenvalue weighted by Crippen LogP contribution is -2.15. The van der Waals surface area contributed by atoms with Crippen LogP contribution in [-0.2, 0) is 10.7 Å². The average molecular weight is 337 g/mol. The first-order valence-electron chi connectivity index (χ1n) is 8.26. The maximum atomic E-state index is 5.82. The number of benzene rings is 1. The molecule has 0 aliphatic rings. The van der Waals surface area contributed by atoms with Gasteiger partial charge in [-0.1, -0.05) is 32.1 Å². The van der Waals surface area contributed by atoms with Crippen LogP contribution in [0.4, 0.5) is 5.69 Å². The fourth-order valence-corrected chi connectivity index (χ4v) is 3.37. The molecule has 0 aromatic heterocycles. The lowest BCUT2D eigenvalue weighted by Gasteiger charge is -2.18. The van der Waals surface area contributed by atoms with Crippen LogP contribution >= 0.6 is 8.30 Å². The number of nitrogens with zero attached hydrogens (tertiary/aromatic N) is 1. The van der Waals surface area contributed by atoms with E-state index in [1.54, 1.807) is 0 Å². The number of aliphatic imine (C=N–C) groups is 1. The molecular weight excluding hydrogens is 305 g/mol. The van der Waals surface area contributed by atoms with E-state index in [1.165, 1.54) is 5.56 Å². The minimum Gasteiger partial charge on any atom is -0.399 e. The SMILES string of the molecule is C/C=C\C(CCNP(Cc1ccc(N)cc1)OCC)=NC.CC. The van der Waals surface area contributed by atoms with E-state index in [9.17, 15) is 0 Å². The summed E-state index contributed by atoms with van der Waals surface area (Å²) in [5, 5.41) is 3.50. The third kappa shape index (κ3) is 10.2. The molecule has 0 fully saturated rings. The molecule has 1 unspecified atom stereocenters. The van der Waals surface area contributed by atoms with E-state index in [4.69, 9.17) is 10.3 Å². The first-order chi connectivity index (χ1) is 11.2. The fourth-order valence-electron chi connectivity index (χ4n) is 1.86. The first-order valence-corrected chi connectivity index (χ1v) is 9.70. The zero-order chi connectivity index (χ0) is 17.5. The van der Waals surface area contributed by atoms with Crippen LogP contribution in [0.5, 0.6) is 0 Å². The van der Waals surface area contributed by atoms with E-state index < -0.39 is 8.30 Å². The second-order valence-electron chi connectivity index (χ2n) is 4.57. The summed E-state index contributed by atoms with van der Waals surface area (Å²) in [7, 11) is 1.17. The van der Waals surface area contributed by atoms with Crippen LogP contribution < -0.4 is 10.8 Å². The van der Waals surface area contributed by atoms with Crippen molar-refractivity contribution in [3.8, 4) is 0 Å². The third-order valence-corrected chi connectivity index (χ3v) is 4.70. The van der Waals surface area contributed by atoms with Gasteiger partial charge in [-0.15, -0.1) is 0 Å². The quantitative estimate of drug-likeness (QED) is 0.388. The molecule has 5 heteroatoms. The van der Waals surface area contributed by atoms with Gasteiger partial charge in [0.2, 0.25) is 0 Å². The minimum absolute atomic E-state index is 0.662. The van der Waals surface area contributed by atoms with Crippen LogP contribution in [0.25, 0.3) is 0 Å². The molecule has 1 aromatic carbocycles. The number of hydrogen-bond donors (Lipinski definition) is 2. The molecule has 0 radical (unpaired) electrons. The van der Waals surface area contributed by atoms with Gasteiger partial charge in [0.05, 0.1) is 0 Å². The van der Waals surface area contributed by atoms with Gasteiger partial charge in [0, 0.05) is 44.2 Å². The summed E-state index contributed by atoms with van der Waals surface area (Å²) in [6.07, 6.45) is 5.87. The van der Waals surface area contributed by atoms with Crippen LogP contribution in [0.2, 0.25) is 0 Å². The smallest absolute Gasteiger partial charge is 0.106 e. The molecule has 0 aliphatic carbocycles. The van der Waals surface area contributed by atoms with E-state index in [0.717, 1.165) is 37.1 Å². The van der Waals surface area contributed by atoms with E-state index >= 15 is 0 Å². The molecule has 4 nitrogen and oxygen atoms in total. The van der Waals surface area contributed by atoms with Crippen LogP contribution in [0, 0.1) is 0 Å². The summed E-state index contributed by atoms with van der Waals surface area (Å²) in [4.78, 5) is 4.26. The molecule has 1 aromatic rings. The van der Waals surface area contributed by atoms with Gasteiger partial charge in [0.25, 0.3) is 0 Å². The maximum Gasteiger partial charge on any atom is 0.106 e. The Balaban J connectivity index is 0.00000232. The number of rotatable bonds is 9. The zero-order valence-corrected chi connectivity index (χ0v) is 16.1. The van der Waals surface area contributed by atoms with Crippen molar-refractivity contribution in [2.45, 2.75) is 40.3 Å². The molecule has 3 N–H and O–H groups in total. The molecular formula is C18H32N3OP. The van der Waals surface area contributed by atoms with Gasteiger partial charge in [0.1, 0.15) is 8.30 Å². The standard InChI is InChI=1S/C16H26N3OP.C2H6/c1-4-6-16(18-3)11-12-19-21(20-5-2)13-14-7-9-15(17)10-8-14;1-2/h4,6-10,19H,5,11-13,17H2,1-3H3;1-2H3/b6-4-,18-16?;. The molecule has 0 saturated heterocycles. The summed E-state index contributed by atoms with van der Waals surface area (Å²) >= 11 is 0. The Labute approximate surface area is 143 Å². The van der Waals surface area contributed by atoms with Gasteiger partial charge in [0.15, 0.2) is 0 Å². The van der Waals surface area contributed by atoms with Gasteiger partial charge in [-0.3, -0.25) is 10.1 Å². The Hall–Kier alpha value is -1.22. The van der Waals surface area contributed by atoms with E-state index in [-0.39, 0.29) is 0 Å². The molecule has 0 heterocycles. The van der Waals surface area contributed by atoms with Crippen molar-refractivity contribution < 1.29 is 4.52 Å². The van der Waals surface area contributed by atoms with Crippen LogP contribution in [-0.4, -0.2) is 25.9 Å². The Kier molecular flexibility index (Phi) is 13.6. The Bertz CT molecular complexity index is 458. The lowest BCUT2D eigenvalue weighted by molar-refractivity contribution is 0.370. The van der Waals surface area contributed by atoms with Crippen molar-refractivity contribution in [3.05, 3.63) is 42.0 Å². The average Bonchev–Trinajstić information content (AvgIpc) is 2.58. The van der Waals surface area contributed by atoms with Crippen molar-refractivity contribution in [1.29, 1.82) is 0 Å². The predicted molar refractivity (Wildman–Crippen MR) is 105 cm³/mol. The van der Waals surface area contributed by atoms with Crippen molar-refractivity contribution >= 4 is 19.7 Å². The molecule has 1 atom stereocenters. The second kappa shape index (κ2) is 14.4. The summed E-state index contributed by atoms with van der Waals surface area (Å²) in [6, 6.07) is 7.99. The molecule has 0 saturated carbocycles. The largest absolute Gasteiger partial charge is 0.399 e. The van der Waals surface area contributed by atoms with Crippen molar-refractivity contribution in [2.24, 2.45) is 4.99 Å². The van der Waals surface area contributed by atoms with Crippen LogP contribution in [0.3, 0.4) is 0 Å². The van der Waals surface area contributed by atoms with Gasteiger partial charge >= 0.3 is 0 Å². The summed E-state index contributed by atoms with van der Waals surface area (Å²) < 4.78 is 5.82. The number of anilines is 1. The van der Waals surface area contributed by atoms with Crippen molar-refractivity contribution in [1.82, 2.24) is 5.09 Å². The van der Waals surface area contributed by atoms with Gasteiger partial charge in [-0.05, 0) is 37.6 Å². The summed E-state index contributed by atoms with van der Waals surface area (Å²) in [5.74, 6) is 0. The van der Waals surface area contributed by atoms with E-state index in [1.807, 2.05) is 59.0 Å². The number of nitrogen functional groups attached to an aromatic ring is 1. The minimum atomic E-state index is -0.662. The molecule has 0 aliphatic heterocycles. The number of hydrogen-bond acceptors (Lipinski definition) is 4. The highest BCUT2D eigenvalue weighted by atomic mass is 31.2. The molecule has 0 amide bonds. The molecule has 0 bridgehead atoms. The van der Waals surface area contributed by atoms with E-state index in [0.29, 0.717) is 0 Å². The van der Waals surface area contributed by atoms with Crippen molar-refractivity contribution in [3.63, 3.8) is 0 Å². The second-order valence-corrected chi connectivity index (χ2v) is 6.22. The third-order valence-electron chi connectivity index (χ3n) is 2.91. The highest BCUT2D eigenvalue weighted by Crippen LogP contribution is 2.36. The number of nitrogens with two attached hydrogens (primary N) is 1. The molecule has 0 spiro atoms. The normalized spacial score (nSPS) is 12.8. The topological polar surface area (TPSA) is 59.6 Å². The zero-order valence-electron chi connectivity index (χ0n) is 15.2. The Morgan fingerprint density at radius 1 is 1.30 bits per heavy atom. The fraction of sp³-hybridized carbons (Fsp3) is 0.500. The first kappa shape index (κ1) is 21.8. The number of nitrogens with one attached hydrogen (secondary N) is 1. The highest BCUT2D eigenvalue weighted by molar-refractivity contribution is 7.49. The van der Waals surface area contributed by atoms with Crippen LogP contribution in [0.1, 0.15) is 39.7 Å². The summed E-state index contributed by atoms with van der Waals surface area (Å²) in [6.45, 7) is 9.63. The Morgan fingerprint density at radius 2 is 1.96 bits per heavy atom. The highest BCUT2D eigenvalue weighted by Gasteiger charge is 2.09. The molecule has 23 heavy (non-hydrogen) atoms. The molecule has 130 valence electrons. The molecule has 1 rings (SSSR count). The predicted octanol–water partition coefficient (Wildman–Crippen LogP) is 4.77. The monoisotopic (exact) mass is 337 g/mol. The lowest BCUT2D eigenvalue weighted by atomic mass is 10.2. The number of allylic oxidation sites excluding steroid dienone is 2. The maximum absolute atomic E-state index is 5.82. The van der Waals surface area contributed by atoms with Crippen molar-refractivity contribution in [2.75, 3.05) is 25.9 Å². The summed E-state index contributed by atoms with van der Waals surface area (Å²) in [5.41, 5.74) is 8.85. The van der Waals surface area contributed by atoms with Crippen LogP contribution in [0.15, 0.2) is 41.4 Å². The van der Waals surface area contributed by atoms with Gasteiger partial charge in [-0.25, -0.2) is 0 Å². The van der Waals surface area contributed by atoms with Gasteiger partial charge < -0.3 is 10.3 Å². The Morgan fingerprint density at radius 3 is 2.48 bits per heavy atom.